The third-order valence-electron chi connectivity index (χ3n) is 2.18. The second-order valence-corrected chi connectivity index (χ2v) is 3.59. The molecule has 0 aromatic carbocycles. The van der Waals surface area contributed by atoms with Gasteiger partial charge in [0.25, 0.3) is 0 Å². The van der Waals surface area contributed by atoms with Gasteiger partial charge >= 0.3 is 0 Å². The Bertz CT molecular complexity index is 312. The fourth-order valence-corrected chi connectivity index (χ4v) is 1.32. The lowest BCUT2D eigenvalue weighted by Crippen LogP contribution is -2.06. The van der Waals surface area contributed by atoms with Crippen molar-refractivity contribution in [2.24, 2.45) is 0 Å². The van der Waals surface area contributed by atoms with Gasteiger partial charge in [-0.2, -0.15) is 0 Å². The summed E-state index contributed by atoms with van der Waals surface area (Å²) < 4.78 is 0. The number of rotatable bonds is 8. The Balaban J connectivity index is 2.37. The third kappa shape index (κ3) is 4.77. The first-order valence-corrected chi connectivity index (χ1v) is 5.77. The van der Waals surface area contributed by atoms with Crippen molar-refractivity contribution in [2.45, 2.75) is 26.2 Å². The zero-order valence-corrected chi connectivity index (χ0v) is 9.87. The SMILES string of the molecule is C=CCNc1cc(NCCCCC)ncn1. The standard InChI is InChI=1S/C12H20N4/c1-3-5-6-8-14-12-9-11(13-7-4-2)15-10-16-12/h4,9-10H,2-3,5-8H2,1H3,(H2,13,14,15,16). The molecule has 0 fully saturated rings. The van der Waals surface area contributed by atoms with Crippen molar-refractivity contribution in [2.75, 3.05) is 23.7 Å². The molecule has 1 aromatic rings. The fourth-order valence-electron chi connectivity index (χ4n) is 1.32. The second-order valence-electron chi connectivity index (χ2n) is 3.59. The molecule has 0 atom stereocenters. The van der Waals surface area contributed by atoms with Gasteiger partial charge in [-0.15, -0.1) is 6.58 Å². The molecule has 16 heavy (non-hydrogen) atoms. The molecule has 0 spiro atoms. The van der Waals surface area contributed by atoms with Crippen LogP contribution in [0.2, 0.25) is 0 Å². The van der Waals surface area contributed by atoms with Crippen molar-refractivity contribution in [1.82, 2.24) is 9.97 Å². The van der Waals surface area contributed by atoms with E-state index >= 15 is 0 Å². The molecular formula is C12H20N4. The van der Waals surface area contributed by atoms with Crippen LogP contribution in [0, 0.1) is 0 Å². The molecule has 88 valence electrons. The van der Waals surface area contributed by atoms with Crippen LogP contribution in [0.15, 0.2) is 25.0 Å². The van der Waals surface area contributed by atoms with Crippen LogP contribution in [0.3, 0.4) is 0 Å². The molecule has 0 unspecified atom stereocenters. The average molecular weight is 220 g/mol. The van der Waals surface area contributed by atoms with E-state index in [1.165, 1.54) is 19.3 Å². The van der Waals surface area contributed by atoms with E-state index in [0.717, 1.165) is 18.2 Å². The largest absolute Gasteiger partial charge is 0.370 e. The summed E-state index contributed by atoms with van der Waals surface area (Å²) in [4.78, 5) is 8.27. The molecule has 0 aliphatic rings. The van der Waals surface area contributed by atoms with Crippen LogP contribution in [-0.4, -0.2) is 23.1 Å². The second kappa shape index (κ2) is 7.68. The molecule has 0 amide bonds. The molecule has 4 heteroatoms. The minimum Gasteiger partial charge on any atom is -0.370 e. The Morgan fingerprint density at radius 3 is 2.69 bits per heavy atom. The molecule has 1 aromatic heterocycles. The Hall–Kier alpha value is -1.58. The van der Waals surface area contributed by atoms with Crippen LogP contribution >= 0.6 is 0 Å². The van der Waals surface area contributed by atoms with Crippen molar-refractivity contribution >= 4 is 11.6 Å². The van der Waals surface area contributed by atoms with Gasteiger partial charge in [0, 0.05) is 19.2 Å². The van der Waals surface area contributed by atoms with Gasteiger partial charge in [0.1, 0.15) is 18.0 Å². The van der Waals surface area contributed by atoms with Crippen LogP contribution < -0.4 is 10.6 Å². The van der Waals surface area contributed by atoms with Crippen LogP contribution in [0.1, 0.15) is 26.2 Å². The summed E-state index contributed by atoms with van der Waals surface area (Å²) in [7, 11) is 0. The van der Waals surface area contributed by atoms with Gasteiger partial charge in [0.2, 0.25) is 0 Å². The minimum absolute atomic E-state index is 0.715. The molecule has 0 radical (unpaired) electrons. The van der Waals surface area contributed by atoms with Gasteiger partial charge < -0.3 is 10.6 Å². The van der Waals surface area contributed by atoms with E-state index in [-0.39, 0.29) is 0 Å². The summed E-state index contributed by atoms with van der Waals surface area (Å²) in [6.45, 7) is 7.52. The lowest BCUT2D eigenvalue weighted by molar-refractivity contribution is 0.742. The third-order valence-corrected chi connectivity index (χ3v) is 2.18. The van der Waals surface area contributed by atoms with E-state index in [1.807, 2.05) is 6.07 Å². The summed E-state index contributed by atoms with van der Waals surface area (Å²) in [5.74, 6) is 1.70. The highest BCUT2D eigenvalue weighted by Crippen LogP contribution is 2.08. The quantitative estimate of drug-likeness (QED) is 0.522. The van der Waals surface area contributed by atoms with Gasteiger partial charge in [-0.1, -0.05) is 25.8 Å². The van der Waals surface area contributed by atoms with Gasteiger partial charge in [0.05, 0.1) is 0 Å². The number of nitrogens with one attached hydrogen (secondary N) is 2. The maximum Gasteiger partial charge on any atom is 0.131 e. The van der Waals surface area contributed by atoms with E-state index in [9.17, 15) is 0 Å². The van der Waals surface area contributed by atoms with E-state index in [1.54, 1.807) is 12.4 Å². The Labute approximate surface area is 97.2 Å². The summed E-state index contributed by atoms with van der Waals surface area (Å²) in [5.41, 5.74) is 0. The van der Waals surface area contributed by atoms with Gasteiger partial charge in [-0.3, -0.25) is 0 Å². The summed E-state index contributed by atoms with van der Waals surface area (Å²) >= 11 is 0. The average Bonchev–Trinajstić information content (AvgIpc) is 2.33. The highest BCUT2D eigenvalue weighted by atomic mass is 15.1. The highest BCUT2D eigenvalue weighted by molar-refractivity contribution is 5.46. The number of anilines is 2. The van der Waals surface area contributed by atoms with E-state index in [0.29, 0.717) is 6.54 Å². The van der Waals surface area contributed by atoms with Crippen molar-refractivity contribution in [3.63, 3.8) is 0 Å². The van der Waals surface area contributed by atoms with E-state index in [4.69, 9.17) is 0 Å². The number of unbranched alkanes of at least 4 members (excludes halogenated alkanes) is 2. The molecule has 1 rings (SSSR count). The first-order valence-electron chi connectivity index (χ1n) is 5.77. The minimum atomic E-state index is 0.715. The number of hydrogen-bond donors (Lipinski definition) is 2. The molecule has 0 saturated heterocycles. The van der Waals surface area contributed by atoms with E-state index in [2.05, 4.69) is 34.1 Å². The van der Waals surface area contributed by atoms with Crippen molar-refractivity contribution in [3.8, 4) is 0 Å². The molecule has 0 aliphatic heterocycles. The van der Waals surface area contributed by atoms with E-state index < -0.39 is 0 Å². The Kier molecular flexibility index (Phi) is 5.99. The summed E-state index contributed by atoms with van der Waals surface area (Å²) in [5, 5.41) is 6.41. The molecule has 0 aliphatic carbocycles. The highest BCUT2D eigenvalue weighted by Gasteiger charge is 1.96. The first-order chi connectivity index (χ1) is 7.86. The van der Waals surface area contributed by atoms with Gasteiger partial charge in [0.15, 0.2) is 0 Å². The molecule has 4 nitrogen and oxygen atoms in total. The molecule has 0 saturated carbocycles. The molecule has 1 heterocycles. The Morgan fingerprint density at radius 1 is 1.25 bits per heavy atom. The maximum atomic E-state index is 4.16. The van der Waals surface area contributed by atoms with Crippen LogP contribution in [0.25, 0.3) is 0 Å². The Morgan fingerprint density at radius 2 is 2.00 bits per heavy atom. The zero-order chi connectivity index (χ0) is 11.6. The first kappa shape index (κ1) is 12.5. The van der Waals surface area contributed by atoms with Crippen molar-refractivity contribution < 1.29 is 0 Å². The normalized spacial score (nSPS) is 9.81. The molecule has 0 bridgehead atoms. The van der Waals surface area contributed by atoms with Crippen LogP contribution in [0.5, 0.6) is 0 Å². The summed E-state index contributed by atoms with van der Waals surface area (Å²) in [6.07, 6.45) is 7.03. The summed E-state index contributed by atoms with van der Waals surface area (Å²) in [6, 6.07) is 1.91. The lowest BCUT2D eigenvalue weighted by Gasteiger charge is -2.06. The van der Waals surface area contributed by atoms with Crippen LogP contribution in [0.4, 0.5) is 11.6 Å². The van der Waals surface area contributed by atoms with Crippen LogP contribution in [-0.2, 0) is 0 Å². The number of aromatic nitrogens is 2. The van der Waals surface area contributed by atoms with Gasteiger partial charge in [-0.05, 0) is 6.42 Å². The fraction of sp³-hybridized carbons (Fsp3) is 0.500. The molecular weight excluding hydrogens is 200 g/mol. The monoisotopic (exact) mass is 220 g/mol. The number of nitrogens with zero attached hydrogens (tertiary/aromatic N) is 2. The topological polar surface area (TPSA) is 49.8 Å². The van der Waals surface area contributed by atoms with Gasteiger partial charge in [-0.25, -0.2) is 9.97 Å². The smallest absolute Gasteiger partial charge is 0.131 e. The number of hydrogen-bond acceptors (Lipinski definition) is 4. The predicted molar refractivity (Wildman–Crippen MR) is 68.7 cm³/mol. The molecule has 2 N–H and O–H groups in total. The van der Waals surface area contributed by atoms with Crippen molar-refractivity contribution in [1.29, 1.82) is 0 Å². The van der Waals surface area contributed by atoms with Crippen molar-refractivity contribution in [3.05, 3.63) is 25.0 Å². The predicted octanol–water partition coefficient (Wildman–Crippen LogP) is 2.68. The maximum absolute atomic E-state index is 4.16. The zero-order valence-electron chi connectivity index (χ0n) is 9.87. The lowest BCUT2D eigenvalue weighted by atomic mass is 10.2.